The lowest BCUT2D eigenvalue weighted by molar-refractivity contribution is 0.0695. The lowest BCUT2D eigenvalue weighted by atomic mass is 10.1. The molecular formula is C21H22FN5O3. The average molecular weight is 411 g/mol. The Morgan fingerprint density at radius 2 is 1.93 bits per heavy atom. The quantitative estimate of drug-likeness (QED) is 0.694. The smallest absolute Gasteiger partial charge is 0.341 e. The van der Waals surface area contributed by atoms with Crippen LogP contribution in [0, 0.1) is 5.82 Å². The monoisotopic (exact) mass is 411 g/mol. The van der Waals surface area contributed by atoms with Crippen molar-refractivity contribution in [1.29, 1.82) is 0 Å². The van der Waals surface area contributed by atoms with Crippen LogP contribution in [0.1, 0.15) is 54.2 Å². The predicted octanol–water partition coefficient (Wildman–Crippen LogP) is 2.74. The molecule has 1 aliphatic carbocycles. The van der Waals surface area contributed by atoms with Crippen LogP contribution in [0.5, 0.6) is 0 Å². The van der Waals surface area contributed by atoms with Crippen LogP contribution in [0.2, 0.25) is 0 Å². The van der Waals surface area contributed by atoms with Crippen LogP contribution in [-0.4, -0.2) is 48.6 Å². The highest BCUT2D eigenvalue weighted by Crippen LogP contribution is 2.37. The van der Waals surface area contributed by atoms with Crippen LogP contribution < -0.4 is 5.43 Å². The summed E-state index contributed by atoms with van der Waals surface area (Å²) in [6, 6.07) is 2.80. The molecule has 3 aromatic rings. The fraction of sp³-hybridized carbons (Fsp3) is 0.429. The van der Waals surface area contributed by atoms with E-state index in [1.165, 1.54) is 30.1 Å². The van der Waals surface area contributed by atoms with Crippen LogP contribution in [0.25, 0.3) is 16.6 Å². The number of pyridine rings is 1. The number of benzene rings is 1. The largest absolute Gasteiger partial charge is 0.477 e. The van der Waals surface area contributed by atoms with Gasteiger partial charge in [-0.2, -0.15) is 0 Å². The number of aromatic carboxylic acids is 1. The van der Waals surface area contributed by atoms with E-state index in [1.54, 1.807) is 16.8 Å². The normalized spacial score (nSPS) is 17.5. The Bertz CT molecular complexity index is 1190. The highest BCUT2D eigenvalue weighted by molar-refractivity contribution is 5.93. The fourth-order valence-electron chi connectivity index (χ4n) is 4.18. The predicted molar refractivity (Wildman–Crippen MR) is 107 cm³/mol. The minimum absolute atomic E-state index is 0.0664. The summed E-state index contributed by atoms with van der Waals surface area (Å²) in [5.74, 6) is -1.95. The number of hydrogen-bond acceptors (Lipinski definition) is 5. The Morgan fingerprint density at radius 1 is 1.17 bits per heavy atom. The molecule has 2 aromatic heterocycles. The molecule has 0 unspecified atom stereocenters. The van der Waals surface area contributed by atoms with E-state index in [2.05, 4.69) is 15.2 Å². The Hall–Kier alpha value is -3.07. The molecule has 0 amide bonds. The standard InChI is InChI=1S/C21H22FN5O3/c22-17-8-15-18(26(14-4-5-14)12-16(20(15)28)21(29)30)9-19(17)27-11-13(23-24-27)10-25-6-2-1-3-7-25/h8-9,11-12,14H,1-7,10H2,(H,29,30). The number of hydrogen-bond donors (Lipinski definition) is 1. The number of carboxylic acids is 1. The third kappa shape index (κ3) is 3.39. The topological polar surface area (TPSA) is 93.2 Å². The molecule has 3 heterocycles. The molecule has 0 spiro atoms. The molecule has 1 saturated carbocycles. The SMILES string of the molecule is O=C(O)c1cn(C2CC2)c2cc(-n3cc(CN4CCCCC4)nn3)c(F)cc2c1=O. The van der Waals surface area contributed by atoms with Crippen molar-refractivity contribution < 1.29 is 14.3 Å². The van der Waals surface area contributed by atoms with Gasteiger partial charge in [0, 0.05) is 24.2 Å². The van der Waals surface area contributed by atoms with Crippen molar-refractivity contribution in [2.75, 3.05) is 13.1 Å². The molecule has 5 rings (SSSR count). The summed E-state index contributed by atoms with van der Waals surface area (Å²) >= 11 is 0. The second kappa shape index (κ2) is 7.32. The van der Waals surface area contributed by atoms with Crippen molar-refractivity contribution in [3.8, 4) is 5.69 Å². The van der Waals surface area contributed by atoms with Gasteiger partial charge in [-0.3, -0.25) is 9.69 Å². The van der Waals surface area contributed by atoms with E-state index in [1.807, 2.05) is 0 Å². The number of halogens is 1. The first kappa shape index (κ1) is 18.9. The maximum atomic E-state index is 14.9. The number of likely N-dealkylation sites (tertiary alicyclic amines) is 1. The van der Waals surface area contributed by atoms with E-state index in [4.69, 9.17) is 0 Å². The zero-order valence-electron chi connectivity index (χ0n) is 16.4. The Labute approximate surface area is 171 Å². The molecule has 0 bridgehead atoms. The fourth-order valence-corrected chi connectivity index (χ4v) is 4.18. The maximum Gasteiger partial charge on any atom is 0.341 e. The summed E-state index contributed by atoms with van der Waals surface area (Å²) in [4.78, 5) is 26.4. The number of fused-ring (bicyclic) bond motifs is 1. The molecule has 9 heteroatoms. The van der Waals surface area contributed by atoms with Gasteiger partial charge in [-0.05, 0) is 50.9 Å². The second-order valence-electron chi connectivity index (χ2n) is 8.13. The van der Waals surface area contributed by atoms with Gasteiger partial charge in [-0.25, -0.2) is 13.9 Å². The molecule has 0 atom stereocenters. The summed E-state index contributed by atoms with van der Waals surface area (Å²) in [5.41, 5.74) is 0.446. The number of piperidine rings is 1. The van der Waals surface area contributed by atoms with Crippen molar-refractivity contribution in [3.63, 3.8) is 0 Å². The van der Waals surface area contributed by atoms with E-state index < -0.39 is 17.2 Å². The first-order chi connectivity index (χ1) is 14.5. The Morgan fingerprint density at radius 3 is 2.63 bits per heavy atom. The number of carbonyl (C=O) groups is 1. The number of aromatic nitrogens is 4. The Balaban J connectivity index is 1.56. The summed E-state index contributed by atoms with van der Waals surface area (Å²) in [7, 11) is 0. The van der Waals surface area contributed by atoms with E-state index in [0.29, 0.717) is 12.1 Å². The first-order valence-corrected chi connectivity index (χ1v) is 10.3. The molecular weight excluding hydrogens is 389 g/mol. The molecule has 1 aliphatic heterocycles. The number of rotatable bonds is 5. The van der Waals surface area contributed by atoms with E-state index in [-0.39, 0.29) is 22.7 Å². The highest BCUT2D eigenvalue weighted by Gasteiger charge is 2.27. The average Bonchev–Trinajstić information content (AvgIpc) is 3.47. The van der Waals surface area contributed by atoms with Crippen LogP contribution in [0.3, 0.4) is 0 Å². The van der Waals surface area contributed by atoms with Crippen molar-refractivity contribution in [2.45, 2.75) is 44.7 Å². The van der Waals surface area contributed by atoms with Gasteiger partial charge >= 0.3 is 5.97 Å². The minimum Gasteiger partial charge on any atom is -0.477 e. The van der Waals surface area contributed by atoms with Crippen LogP contribution >= 0.6 is 0 Å². The summed E-state index contributed by atoms with van der Waals surface area (Å²) < 4.78 is 18.1. The first-order valence-electron chi connectivity index (χ1n) is 10.3. The van der Waals surface area contributed by atoms with Crippen LogP contribution in [0.4, 0.5) is 4.39 Å². The molecule has 0 radical (unpaired) electrons. The number of carboxylic acid groups (broad SMARTS) is 1. The van der Waals surface area contributed by atoms with Gasteiger partial charge in [0.1, 0.15) is 17.1 Å². The van der Waals surface area contributed by atoms with Crippen molar-refractivity contribution in [2.24, 2.45) is 0 Å². The zero-order chi connectivity index (χ0) is 20.8. The van der Waals surface area contributed by atoms with Crippen molar-refractivity contribution >= 4 is 16.9 Å². The number of nitrogens with zero attached hydrogens (tertiary/aromatic N) is 5. The van der Waals surface area contributed by atoms with Gasteiger partial charge in [0.2, 0.25) is 5.43 Å². The molecule has 1 aromatic carbocycles. The highest BCUT2D eigenvalue weighted by atomic mass is 19.1. The van der Waals surface area contributed by atoms with Gasteiger partial charge in [0.25, 0.3) is 0 Å². The molecule has 8 nitrogen and oxygen atoms in total. The van der Waals surface area contributed by atoms with Crippen LogP contribution in [0.15, 0.2) is 29.3 Å². The lowest BCUT2D eigenvalue weighted by Gasteiger charge is -2.25. The van der Waals surface area contributed by atoms with Gasteiger partial charge in [0.05, 0.1) is 17.4 Å². The minimum atomic E-state index is -1.31. The molecule has 1 N–H and O–H groups in total. The van der Waals surface area contributed by atoms with E-state index in [9.17, 15) is 19.1 Å². The second-order valence-corrected chi connectivity index (χ2v) is 8.13. The third-order valence-corrected chi connectivity index (χ3v) is 5.89. The Kier molecular flexibility index (Phi) is 4.62. The maximum absolute atomic E-state index is 14.9. The summed E-state index contributed by atoms with van der Waals surface area (Å²) in [6.45, 7) is 2.72. The summed E-state index contributed by atoms with van der Waals surface area (Å²) in [5, 5.41) is 17.7. The third-order valence-electron chi connectivity index (χ3n) is 5.89. The molecule has 1 saturated heterocycles. The van der Waals surface area contributed by atoms with Gasteiger partial charge in [0.15, 0.2) is 0 Å². The summed E-state index contributed by atoms with van der Waals surface area (Å²) in [6.07, 6.45) is 8.46. The van der Waals surface area contributed by atoms with Crippen molar-refractivity contribution in [1.82, 2.24) is 24.5 Å². The molecule has 2 aliphatic rings. The zero-order valence-corrected chi connectivity index (χ0v) is 16.4. The molecule has 30 heavy (non-hydrogen) atoms. The van der Waals surface area contributed by atoms with Gasteiger partial charge in [-0.15, -0.1) is 5.10 Å². The van der Waals surface area contributed by atoms with Crippen LogP contribution in [-0.2, 0) is 6.54 Å². The van der Waals surface area contributed by atoms with Gasteiger partial charge in [-0.1, -0.05) is 11.6 Å². The molecule has 156 valence electrons. The lowest BCUT2D eigenvalue weighted by Crippen LogP contribution is -2.29. The van der Waals surface area contributed by atoms with E-state index in [0.717, 1.165) is 37.7 Å². The van der Waals surface area contributed by atoms with E-state index >= 15 is 0 Å². The van der Waals surface area contributed by atoms with Crippen molar-refractivity contribution in [3.05, 3.63) is 51.8 Å². The van der Waals surface area contributed by atoms with Gasteiger partial charge < -0.3 is 9.67 Å². The molecule has 2 fully saturated rings.